The average molecular weight is 137 g/mol. The second kappa shape index (κ2) is 1.82. The van der Waals surface area contributed by atoms with Crippen LogP contribution < -0.4 is 0 Å². The van der Waals surface area contributed by atoms with Gasteiger partial charge in [-0.25, -0.2) is 0 Å². The van der Waals surface area contributed by atoms with Crippen LogP contribution in [-0.2, 0) is 4.79 Å². The van der Waals surface area contributed by atoms with E-state index in [1.165, 1.54) is 0 Å². The first-order valence-electron chi connectivity index (χ1n) is 3.42. The largest absolute Gasteiger partial charge is 0.300 e. The van der Waals surface area contributed by atoms with Gasteiger partial charge in [0.05, 0.1) is 12.0 Å². The first-order chi connectivity index (χ1) is 4.51. The molecule has 1 aliphatic rings. The van der Waals surface area contributed by atoms with E-state index in [1.54, 1.807) is 6.92 Å². The van der Waals surface area contributed by atoms with Crippen molar-refractivity contribution in [1.29, 1.82) is 5.26 Å². The molecule has 2 unspecified atom stereocenters. The van der Waals surface area contributed by atoms with Gasteiger partial charge in [-0.05, 0) is 12.3 Å². The zero-order chi connectivity index (χ0) is 7.94. The van der Waals surface area contributed by atoms with Crippen LogP contribution >= 0.6 is 0 Å². The number of carbonyl (C=O) groups excluding carboxylic acids is 1. The molecule has 0 N–H and O–H groups in total. The van der Waals surface area contributed by atoms with Crippen LogP contribution in [0.5, 0.6) is 0 Å². The number of ketones is 1. The molecule has 1 aliphatic carbocycles. The molecule has 1 rings (SSSR count). The maximum Gasteiger partial charge on any atom is 0.134 e. The summed E-state index contributed by atoms with van der Waals surface area (Å²) in [6, 6.07) is 2.14. The van der Waals surface area contributed by atoms with Crippen molar-refractivity contribution in [1.82, 2.24) is 0 Å². The molecule has 0 aromatic rings. The first-order valence-corrected chi connectivity index (χ1v) is 3.42. The Morgan fingerprint density at radius 2 is 2.10 bits per heavy atom. The lowest BCUT2D eigenvalue weighted by atomic mass is 10.1. The molecule has 0 aromatic heterocycles. The molecule has 2 atom stereocenters. The van der Waals surface area contributed by atoms with Crippen molar-refractivity contribution in [2.75, 3.05) is 0 Å². The predicted molar refractivity (Wildman–Crippen MR) is 37.1 cm³/mol. The van der Waals surface area contributed by atoms with Crippen molar-refractivity contribution < 1.29 is 4.79 Å². The molecule has 2 heteroatoms. The molecule has 0 radical (unpaired) electrons. The molecule has 0 aliphatic heterocycles. The van der Waals surface area contributed by atoms with Crippen molar-refractivity contribution in [3.05, 3.63) is 0 Å². The summed E-state index contributed by atoms with van der Waals surface area (Å²) in [4.78, 5) is 10.8. The smallest absolute Gasteiger partial charge is 0.134 e. The van der Waals surface area contributed by atoms with E-state index in [0.717, 1.165) is 0 Å². The molecular formula is C8H11NO. The van der Waals surface area contributed by atoms with Crippen LogP contribution in [0, 0.1) is 28.6 Å². The Balaban J connectivity index is 2.73. The fraction of sp³-hybridized carbons (Fsp3) is 0.750. The summed E-state index contributed by atoms with van der Waals surface area (Å²) >= 11 is 0. The van der Waals surface area contributed by atoms with Gasteiger partial charge in [0, 0.05) is 5.92 Å². The van der Waals surface area contributed by atoms with Crippen LogP contribution in [0.2, 0.25) is 0 Å². The molecule has 1 fully saturated rings. The van der Waals surface area contributed by atoms with E-state index in [4.69, 9.17) is 5.26 Å². The average Bonchev–Trinajstić information content (AvgIpc) is 2.33. The van der Waals surface area contributed by atoms with Crippen LogP contribution in [0.3, 0.4) is 0 Å². The van der Waals surface area contributed by atoms with Crippen LogP contribution in [0.4, 0.5) is 0 Å². The van der Waals surface area contributed by atoms with Crippen molar-refractivity contribution in [3.63, 3.8) is 0 Å². The number of rotatable bonds is 1. The third-order valence-corrected chi connectivity index (χ3v) is 2.40. The minimum Gasteiger partial charge on any atom is -0.300 e. The molecule has 0 spiro atoms. The zero-order valence-corrected chi connectivity index (χ0v) is 6.51. The minimum absolute atomic E-state index is 0.00231. The van der Waals surface area contributed by atoms with Crippen molar-refractivity contribution in [2.45, 2.75) is 20.8 Å². The summed E-state index contributed by atoms with van der Waals surface area (Å²) in [7, 11) is 0. The van der Waals surface area contributed by atoms with Gasteiger partial charge in [-0.1, -0.05) is 13.8 Å². The number of hydrogen-bond acceptors (Lipinski definition) is 2. The fourth-order valence-corrected chi connectivity index (χ4v) is 1.64. The summed E-state index contributed by atoms with van der Waals surface area (Å²) in [6.45, 7) is 5.49. The van der Waals surface area contributed by atoms with Gasteiger partial charge in [-0.15, -0.1) is 0 Å². The number of Topliss-reactive ketones (excluding diaryl/α,β-unsaturated/α-hetero) is 1. The topological polar surface area (TPSA) is 40.9 Å². The lowest BCUT2D eigenvalue weighted by Gasteiger charge is -1.95. The maximum absolute atomic E-state index is 10.8. The lowest BCUT2D eigenvalue weighted by molar-refractivity contribution is -0.118. The Hall–Kier alpha value is -0.840. The molecule has 54 valence electrons. The molecule has 0 amide bonds. The molecule has 2 nitrogen and oxygen atoms in total. The van der Waals surface area contributed by atoms with E-state index in [1.807, 2.05) is 13.8 Å². The molecule has 0 aromatic carbocycles. The van der Waals surface area contributed by atoms with E-state index in [0.29, 0.717) is 0 Å². The Labute approximate surface area is 60.8 Å². The standard InChI is InChI=1S/C8H11NO/c1-5(10)7-6(4-9)8(7,2)3/h6-7H,1-3H3. The number of hydrogen-bond donors (Lipinski definition) is 0. The Morgan fingerprint density at radius 1 is 1.60 bits per heavy atom. The van der Waals surface area contributed by atoms with Gasteiger partial charge >= 0.3 is 0 Å². The third kappa shape index (κ3) is 0.740. The maximum atomic E-state index is 10.8. The molecule has 1 saturated carbocycles. The summed E-state index contributed by atoms with van der Waals surface area (Å²) in [5.74, 6) is 0.110. The van der Waals surface area contributed by atoms with E-state index >= 15 is 0 Å². The number of nitriles is 1. The summed E-state index contributed by atoms with van der Waals surface area (Å²) < 4.78 is 0. The monoisotopic (exact) mass is 137 g/mol. The third-order valence-electron chi connectivity index (χ3n) is 2.40. The minimum atomic E-state index is -0.0550. The predicted octanol–water partition coefficient (Wildman–Crippen LogP) is 1.37. The van der Waals surface area contributed by atoms with E-state index in [9.17, 15) is 4.79 Å². The van der Waals surface area contributed by atoms with Crippen molar-refractivity contribution in [2.24, 2.45) is 17.3 Å². The van der Waals surface area contributed by atoms with Crippen molar-refractivity contribution in [3.8, 4) is 6.07 Å². The van der Waals surface area contributed by atoms with Crippen LogP contribution in [0.15, 0.2) is 0 Å². The van der Waals surface area contributed by atoms with Crippen molar-refractivity contribution >= 4 is 5.78 Å². The number of nitrogens with zero attached hydrogens (tertiary/aromatic N) is 1. The fourth-order valence-electron chi connectivity index (χ4n) is 1.64. The number of carbonyl (C=O) groups is 1. The Bertz CT molecular complexity index is 212. The van der Waals surface area contributed by atoms with Gasteiger partial charge < -0.3 is 0 Å². The SMILES string of the molecule is CC(=O)C1C(C#N)C1(C)C. The van der Waals surface area contributed by atoms with Crippen LogP contribution in [-0.4, -0.2) is 5.78 Å². The zero-order valence-electron chi connectivity index (χ0n) is 6.51. The Morgan fingerprint density at radius 3 is 2.20 bits per heavy atom. The summed E-state index contributed by atoms with van der Waals surface area (Å²) in [5.41, 5.74) is -0.0550. The van der Waals surface area contributed by atoms with E-state index in [2.05, 4.69) is 6.07 Å². The highest BCUT2D eigenvalue weighted by Gasteiger charge is 2.60. The quantitative estimate of drug-likeness (QED) is 0.547. The van der Waals surface area contributed by atoms with E-state index in [-0.39, 0.29) is 23.0 Å². The summed E-state index contributed by atoms with van der Waals surface area (Å²) in [6.07, 6.45) is 0. The lowest BCUT2D eigenvalue weighted by Crippen LogP contribution is -1.99. The van der Waals surface area contributed by atoms with Crippen LogP contribution in [0.1, 0.15) is 20.8 Å². The van der Waals surface area contributed by atoms with Gasteiger partial charge in [0.25, 0.3) is 0 Å². The second-order valence-electron chi connectivity index (χ2n) is 3.52. The first kappa shape index (κ1) is 7.27. The highest BCUT2D eigenvalue weighted by Crippen LogP contribution is 2.57. The Kier molecular flexibility index (Phi) is 1.32. The highest BCUT2D eigenvalue weighted by molar-refractivity contribution is 5.83. The van der Waals surface area contributed by atoms with Crippen LogP contribution in [0.25, 0.3) is 0 Å². The molecule has 10 heavy (non-hydrogen) atoms. The molecular weight excluding hydrogens is 126 g/mol. The molecule has 0 bridgehead atoms. The second-order valence-corrected chi connectivity index (χ2v) is 3.52. The molecule has 0 heterocycles. The summed E-state index contributed by atoms with van der Waals surface area (Å²) in [5, 5.41) is 8.56. The van der Waals surface area contributed by atoms with Gasteiger partial charge in [-0.2, -0.15) is 5.26 Å². The van der Waals surface area contributed by atoms with Gasteiger partial charge in [0.15, 0.2) is 0 Å². The normalized spacial score (nSPS) is 34.6. The van der Waals surface area contributed by atoms with Gasteiger partial charge in [0.2, 0.25) is 0 Å². The van der Waals surface area contributed by atoms with Gasteiger partial charge in [-0.3, -0.25) is 4.79 Å². The van der Waals surface area contributed by atoms with E-state index < -0.39 is 0 Å². The molecule has 0 saturated heterocycles. The van der Waals surface area contributed by atoms with Gasteiger partial charge in [0.1, 0.15) is 5.78 Å². The highest BCUT2D eigenvalue weighted by atomic mass is 16.1.